The third kappa shape index (κ3) is 6.81. The summed E-state index contributed by atoms with van der Waals surface area (Å²) in [7, 11) is 0. The molecule has 1 aromatic heterocycles. The molecule has 1 aliphatic carbocycles. The molecule has 0 amide bonds. The second-order valence-electron chi connectivity index (χ2n) is 7.03. The molecule has 2 aromatic rings. The normalized spacial score (nSPS) is 14.1. The van der Waals surface area contributed by atoms with Crippen LogP contribution in [0.15, 0.2) is 66.1 Å². The maximum absolute atomic E-state index is 12.2. The third-order valence-corrected chi connectivity index (χ3v) is 5.28. The van der Waals surface area contributed by atoms with Gasteiger partial charge in [0.2, 0.25) is 6.43 Å². The second kappa shape index (κ2) is 11.3. The van der Waals surface area contributed by atoms with Crippen molar-refractivity contribution in [1.82, 2.24) is 9.55 Å². The van der Waals surface area contributed by atoms with E-state index in [1.54, 1.807) is 12.1 Å². The Morgan fingerprint density at radius 2 is 2.06 bits per heavy atom. The van der Waals surface area contributed by atoms with Gasteiger partial charge in [0.25, 0.3) is 0 Å². The quantitative estimate of drug-likeness (QED) is 0.355. The summed E-state index contributed by atoms with van der Waals surface area (Å²) in [6.45, 7) is 3.11. The summed E-state index contributed by atoms with van der Waals surface area (Å²) in [5, 5.41) is 1.15. The number of hydrogen-bond acceptors (Lipinski definition) is 2. The van der Waals surface area contributed by atoms with E-state index >= 15 is 0 Å². The van der Waals surface area contributed by atoms with E-state index < -0.39 is 6.43 Å². The summed E-state index contributed by atoms with van der Waals surface area (Å²) in [5.41, 5.74) is 2.71. The van der Waals surface area contributed by atoms with Gasteiger partial charge in [-0.05, 0) is 61.8 Å². The Kier molecular flexibility index (Phi) is 8.50. The van der Waals surface area contributed by atoms with Gasteiger partial charge in [-0.3, -0.25) is 0 Å². The molecule has 1 heterocycles. The zero-order chi connectivity index (χ0) is 22.2. The van der Waals surface area contributed by atoms with Gasteiger partial charge in [0.05, 0.1) is 17.3 Å². The molecule has 3 rings (SSSR count). The monoisotopic (exact) mass is 464 g/mol. The van der Waals surface area contributed by atoms with Gasteiger partial charge in [0.15, 0.2) is 0 Å². The highest BCUT2D eigenvalue weighted by Gasteiger charge is 2.11. The molecule has 0 saturated heterocycles. The first-order valence-corrected chi connectivity index (χ1v) is 10.9. The number of allylic oxidation sites excluding steroid dienone is 6. The number of alkyl halides is 2. The van der Waals surface area contributed by atoms with Gasteiger partial charge in [0, 0.05) is 29.7 Å². The van der Waals surface area contributed by atoms with Crippen LogP contribution in [-0.4, -0.2) is 22.6 Å². The number of imidazole rings is 1. The Labute approximate surface area is 191 Å². The molecule has 0 bridgehead atoms. The predicted octanol–water partition coefficient (Wildman–Crippen LogP) is 7.72. The summed E-state index contributed by atoms with van der Waals surface area (Å²) in [5.74, 6) is 1.50. The summed E-state index contributed by atoms with van der Waals surface area (Å²) >= 11 is 12.3. The second-order valence-corrected chi connectivity index (χ2v) is 7.87. The third-order valence-electron chi connectivity index (χ3n) is 4.73. The molecular weight excluding hydrogens is 441 g/mol. The van der Waals surface area contributed by atoms with E-state index in [4.69, 9.17) is 32.9 Å². The van der Waals surface area contributed by atoms with Gasteiger partial charge in [-0.2, -0.15) is 0 Å². The number of benzene rings is 1. The van der Waals surface area contributed by atoms with Crippen LogP contribution in [0.3, 0.4) is 0 Å². The number of rotatable bonds is 9. The van der Waals surface area contributed by atoms with Crippen LogP contribution >= 0.6 is 23.2 Å². The average Bonchev–Trinajstić information content (AvgIpc) is 3.00. The van der Waals surface area contributed by atoms with Crippen LogP contribution in [0.25, 0.3) is 17.3 Å². The molecule has 7 heteroatoms. The Bertz CT molecular complexity index is 1020. The lowest BCUT2D eigenvalue weighted by Gasteiger charge is -2.05. The fourth-order valence-corrected chi connectivity index (χ4v) is 3.60. The molecular formula is C24H24Cl2F2N2O. The molecule has 0 atom stereocenters. The van der Waals surface area contributed by atoms with Crippen molar-refractivity contribution in [2.45, 2.75) is 39.2 Å². The Hall–Kier alpha value is -2.37. The first-order valence-electron chi connectivity index (χ1n) is 10.1. The minimum absolute atomic E-state index is 0.145. The van der Waals surface area contributed by atoms with Crippen molar-refractivity contribution >= 4 is 29.3 Å². The van der Waals surface area contributed by atoms with Gasteiger partial charge in [-0.1, -0.05) is 41.4 Å². The van der Waals surface area contributed by atoms with Gasteiger partial charge in [-0.25, -0.2) is 13.8 Å². The summed E-state index contributed by atoms with van der Waals surface area (Å²) in [6.07, 6.45) is 12.3. The van der Waals surface area contributed by atoms with E-state index in [-0.39, 0.29) is 13.0 Å². The smallest absolute Gasteiger partial charge is 0.238 e. The van der Waals surface area contributed by atoms with Gasteiger partial charge in [-0.15, -0.1) is 0 Å². The summed E-state index contributed by atoms with van der Waals surface area (Å²) in [4.78, 5) is 4.73. The standard InChI is InChI=1S/C24H24Cl2F2N2O/c1-2-30-16-22(20-12-10-18(25)15-21(20)26)29-24(30)13-9-17-5-3-6-19(11-8-17)31-14-4-7-23(27)28/h3,6,8-13,15-16,23H,2,4-5,7,14H2,1H3/b13-9+. The Morgan fingerprint density at radius 3 is 2.81 bits per heavy atom. The van der Waals surface area contributed by atoms with Crippen LogP contribution in [0.1, 0.15) is 32.0 Å². The molecule has 164 valence electrons. The minimum Gasteiger partial charge on any atom is -0.494 e. The van der Waals surface area contributed by atoms with Crippen molar-refractivity contribution in [2.75, 3.05) is 6.61 Å². The molecule has 0 radical (unpaired) electrons. The van der Waals surface area contributed by atoms with E-state index in [1.165, 1.54) is 0 Å². The van der Waals surface area contributed by atoms with E-state index in [0.717, 1.165) is 35.6 Å². The summed E-state index contributed by atoms with van der Waals surface area (Å²) < 4.78 is 32.0. The lowest BCUT2D eigenvalue weighted by atomic mass is 10.1. The van der Waals surface area contributed by atoms with E-state index in [0.29, 0.717) is 22.2 Å². The first-order chi connectivity index (χ1) is 15.0. The SMILES string of the molecule is CCn1cc(-c2ccc(Cl)cc2Cl)nc1/C=C/C1=CC=C(OCCCC(F)F)C=CC1. The highest BCUT2D eigenvalue weighted by Crippen LogP contribution is 2.30. The van der Waals surface area contributed by atoms with Crippen molar-refractivity contribution in [3.05, 3.63) is 82.0 Å². The summed E-state index contributed by atoms with van der Waals surface area (Å²) in [6, 6.07) is 5.37. The zero-order valence-electron chi connectivity index (χ0n) is 17.2. The topological polar surface area (TPSA) is 27.1 Å². The van der Waals surface area contributed by atoms with E-state index in [9.17, 15) is 8.78 Å². The molecule has 0 saturated carbocycles. The van der Waals surface area contributed by atoms with Crippen LogP contribution in [0.5, 0.6) is 0 Å². The number of ether oxygens (including phenoxy) is 1. The lowest BCUT2D eigenvalue weighted by Crippen LogP contribution is -1.97. The highest BCUT2D eigenvalue weighted by molar-refractivity contribution is 6.36. The molecule has 0 unspecified atom stereocenters. The van der Waals surface area contributed by atoms with Crippen LogP contribution in [0, 0.1) is 0 Å². The molecule has 31 heavy (non-hydrogen) atoms. The van der Waals surface area contributed by atoms with Crippen molar-refractivity contribution < 1.29 is 13.5 Å². The minimum atomic E-state index is -2.29. The van der Waals surface area contributed by atoms with Crippen molar-refractivity contribution in [1.29, 1.82) is 0 Å². The zero-order valence-corrected chi connectivity index (χ0v) is 18.7. The molecule has 1 aliphatic rings. The lowest BCUT2D eigenvalue weighted by molar-refractivity contribution is 0.118. The predicted molar refractivity (Wildman–Crippen MR) is 124 cm³/mol. The molecule has 1 aromatic carbocycles. The fourth-order valence-electron chi connectivity index (χ4n) is 3.10. The Morgan fingerprint density at radius 1 is 1.23 bits per heavy atom. The first kappa shape index (κ1) is 23.3. The fraction of sp³-hybridized carbons (Fsp3) is 0.292. The van der Waals surface area contributed by atoms with Crippen LogP contribution in [0.2, 0.25) is 10.0 Å². The number of nitrogens with zero attached hydrogens (tertiary/aromatic N) is 2. The maximum Gasteiger partial charge on any atom is 0.238 e. The van der Waals surface area contributed by atoms with Crippen LogP contribution in [0.4, 0.5) is 8.78 Å². The Balaban J connectivity index is 1.71. The van der Waals surface area contributed by atoms with Gasteiger partial charge < -0.3 is 9.30 Å². The molecule has 0 aliphatic heterocycles. The number of halogens is 4. The van der Waals surface area contributed by atoms with Gasteiger partial charge >= 0.3 is 0 Å². The number of aryl methyl sites for hydroxylation is 1. The van der Waals surface area contributed by atoms with E-state index in [1.807, 2.05) is 48.7 Å². The van der Waals surface area contributed by atoms with Crippen molar-refractivity contribution in [3.8, 4) is 11.3 Å². The number of hydrogen-bond donors (Lipinski definition) is 0. The van der Waals surface area contributed by atoms with E-state index in [2.05, 4.69) is 11.5 Å². The largest absolute Gasteiger partial charge is 0.494 e. The van der Waals surface area contributed by atoms with Crippen LogP contribution in [-0.2, 0) is 11.3 Å². The van der Waals surface area contributed by atoms with Crippen LogP contribution < -0.4 is 0 Å². The van der Waals surface area contributed by atoms with Gasteiger partial charge in [0.1, 0.15) is 11.6 Å². The average molecular weight is 465 g/mol. The van der Waals surface area contributed by atoms with Crippen molar-refractivity contribution in [2.24, 2.45) is 0 Å². The highest BCUT2D eigenvalue weighted by atomic mass is 35.5. The number of aromatic nitrogens is 2. The molecule has 0 N–H and O–H groups in total. The molecule has 0 fully saturated rings. The maximum atomic E-state index is 12.2. The molecule has 0 spiro atoms. The molecule has 3 nitrogen and oxygen atoms in total. The van der Waals surface area contributed by atoms with Crippen molar-refractivity contribution in [3.63, 3.8) is 0 Å².